The average Bonchev–Trinajstić information content (AvgIpc) is 2.85. The van der Waals surface area contributed by atoms with Gasteiger partial charge >= 0.3 is 6.03 Å². The van der Waals surface area contributed by atoms with Crippen molar-refractivity contribution >= 4 is 6.03 Å². The summed E-state index contributed by atoms with van der Waals surface area (Å²) in [7, 11) is 3.73. The van der Waals surface area contributed by atoms with Gasteiger partial charge in [0.25, 0.3) is 6.33 Å². The molecule has 2 rings (SSSR count). The first-order chi connectivity index (χ1) is 7.59. The molecule has 1 saturated heterocycles. The van der Waals surface area contributed by atoms with Crippen LogP contribution in [0.4, 0.5) is 4.79 Å². The third-order valence-electron chi connectivity index (χ3n) is 3.13. The first-order valence-corrected chi connectivity index (χ1v) is 5.51. The molecule has 2 heterocycles. The van der Waals surface area contributed by atoms with E-state index in [1.165, 1.54) is 0 Å². The van der Waals surface area contributed by atoms with Gasteiger partial charge in [-0.1, -0.05) is 0 Å². The predicted molar refractivity (Wildman–Crippen MR) is 58.0 cm³/mol. The van der Waals surface area contributed by atoms with Crippen LogP contribution in [0.15, 0.2) is 18.7 Å². The van der Waals surface area contributed by atoms with E-state index in [1.54, 1.807) is 22.0 Å². The van der Waals surface area contributed by atoms with Gasteiger partial charge in [0.15, 0.2) is 0 Å². The Bertz CT molecular complexity index is 388. The van der Waals surface area contributed by atoms with Crippen LogP contribution in [0, 0.1) is 0 Å². The number of likely N-dealkylation sites (N-methyl/N-ethyl adjacent to an activating group) is 1. The molecule has 1 fully saturated rings. The second kappa shape index (κ2) is 4.25. The summed E-state index contributed by atoms with van der Waals surface area (Å²) in [4.78, 5) is 13.9. The number of carbonyl (C=O) groups excluding carboxylic acids is 1. The van der Waals surface area contributed by atoms with Crippen molar-refractivity contribution in [3.63, 3.8) is 0 Å². The van der Waals surface area contributed by atoms with E-state index in [9.17, 15) is 4.79 Å². The van der Waals surface area contributed by atoms with Crippen molar-refractivity contribution < 1.29 is 14.1 Å². The van der Waals surface area contributed by atoms with Gasteiger partial charge in [0.2, 0.25) is 0 Å². The zero-order valence-electron chi connectivity index (χ0n) is 9.96. The Morgan fingerprint density at radius 2 is 2.38 bits per heavy atom. The summed E-state index contributed by atoms with van der Waals surface area (Å²) in [5.41, 5.74) is 0. The van der Waals surface area contributed by atoms with Gasteiger partial charge in [-0.05, 0) is 13.3 Å². The number of rotatable bonds is 1. The van der Waals surface area contributed by atoms with Crippen LogP contribution in [0.25, 0.3) is 0 Å². The minimum Gasteiger partial charge on any atom is -0.376 e. The van der Waals surface area contributed by atoms with E-state index in [2.05, 4.69) is 0 Å². The summed E-state index contributed by atoms with van der Waals surface area (Å²) < 4.78 is 8.91. The van der Waals surface area contributed by atoms with Gasteiger partial charge in [-0.2, -0.15) is 4.57 Å². The van der Waals surface area contributed by atoms with Crippen molar-refractivity contribution in [3.05, 3.63) is 18.7 Å². The molecule has 1 aliphatic rings. The largest absolute Gasteiger partial charge is 0.415 e. The standard InChI is InChI=1S/C11H18N3O2/c1-9-10(4-7-16-9)13(3)11(15)14-6-5-12(2)8-14/h5-6,8-10H,4,7H2,1-3H3/q+1. The molecule has 0 bridgehead atoms. The monoisotopic (exact) mass is 224 g/mol. The quantitative estimate of drug-likeness (QED) is 0.647. The summed E-state index contributed by atoms with van der Waals surface area (Å²) >= 11 is 0. The molecule has 88 valence electrons. The molecule has 0 aliphatic carbocycles. The van der Waals surface area contributed by atoms with Crippen LogP contribution < -0.4 is 4.57 Å². The highest BCUT2D eigenvalue weighted by Crippen LogP contribution is 2.18. The molecule has 5 nitrogen and oxygen atoms in total. The molecule has 16 heavy (non-hydrogen) atoms. The lowest BCUT2D eigenvalue weighted by Crippen LogP contribution is -2.43. The Hall–Kier alpha value is -1.36. The summed E-state index contributed by atoms with van der Waals surface area (Å²) in [6.07, 6.45) is 6.41. The summed E-state index contributed by atoms with van der Waals surface area (Å²) in [6.45, 7) is 2.75. The number of imidazole rings is 1. The maximum atomic E-state index is 12.1. The van der Waals surface area contributed by atoms with Gasteiger partial charge < -0.3 is 9.64 Å². The van der Waals surface area contributed by atoms with Crippen LogP contribution >= 0.6 is 0 Å². The van der Waals surface area contributed by atoms with Crippen LogP contribution in [0.1, 0.15) is 13.3 Å². The van der Waals surface area contributed by atoms with Crippen molar-refractivity contribution in [2.24, 2.45) is 7.05 Å². The molecule has 0 spiro atoms. The van der Waals surface area contributed by atoms with Crippen molar-refractivity contribution in [1.29, 1.82) is 0 Å². The summed E-state index contributed by atoms with van der Waals surface area (Å²) in [5, 5.41) is 0. The first-order valence-electron chi connectivity index (χ1n) is 5.51. The number of aryl methyl sites for hydroxylation is 1. The minimum atomic E-state index is -0.0112. The lowest BCUT2D eigenvalue weighted by molar-refractivity contribution is -0.670. The van der Waals surface area contributed by atoms with E-state index in [-0.39, 0.29) is 18.2 Å². The lowest BCUT2D eigenvalue weighted by atomic mass is 10.1. The Kier molecular flexibility index (Phi) is 2.96. The van der Waals surface area contributed by atoms with Gasteiger partial charge in [0.1, 0.15) is 12.4 Å². The molecule has 0 N–H and O–H groups in total. The maximum absolute atomic E-state index is 12.1. The van der Waals surface area contributed by atoms with Gasteiger partial charge in [0.05, 0.1) is 19.2 Å². The summed E-state index contributed by atoms with van der Waals surface area (Å²) in [6, 6.07) is 0.170. The fourth-order valence-corrected chi connectivity index (χ4v) is 2.12. The second-order valence-electron chi connectivity index (χ2n) is 4.31. The maximum Gasteiger partial charge on any atom is 0.415 e. The van der Waals surface area contributed by atoms with E-state index >= 15 is 0 Å². The number of amides is 1. The number of carbonyl (C=O) groups is 1. The highest BCUT2D eigenvalue weighted by molar-refractivity contribution is 5.76. The van der Waals surface area contributed by atoms with Crippen LogP contribution in [0.5, 0.6) is 0 Å². The Morgan fingerprint density at radius 1 is 1.62 bits per heavy atom. The highest BCUT2D eigenvalue weighted by atomic mass is 16.5. The molecule has 1 aromatic heterocycles. The Labute approximate surface area is 95.2 Å². The first kappa shape index (κ1) is 11.1. The predicted octanol–water partition coefficient (Wildman–Crippen LogP) is 0.390. The minimum absolute atomic E-state index is 0.0112. The van der Waals surface area contributed by atoms with Gasteiger partial charge in [-0.15, -0.1) is 0 Å². The molecule has 1 aromatic rings. The number of hydrogen-bond acceptors (Lipinski definition) is 2. The van der Waals surface area contributed by atoms with E-state index in [0.717, 1.165) is 13.0 Å². The van der Waals surface area contributed by atoms with Gasteiger partial charge in [-0.3, -0.25) is 0 Å². The van der Waals surface area contributed by atoms with Crippen molar-refractivity contribution in [2.75, 3.05) is 13.7 Å². The van der Waals surface area contributed by atoms with Crippen molar-refractivity contribution in [1.82, 2.24) is 9.47 Å². The van der Waals surface area contributed by atoms with E-state index in [1.807, 2.05) is 31.8 Å². The molecule has 1 aliphatic heterocycles. The van der Waals surface area contributed by atoms with Crippen molar-refractivity contribution in [3.8, 4) is 0 Å². The lowest BCUT2D eigenvalue weighted by Gasteiger charge is -2.24. The van der Waals surface area contributed by atoms with E-state index < -0.39 is 0 Å². The molecule has 1 amide bonds. The molecule has 2 atom stereocenters. The molecular formula is C11H18N3O2+. The molecule has 5 heteroatoms. The number of aromatic nitrogens is 2. The smallest absolute Gasteiger partial charge is 0.376 e. The van der Waals surface area contributed by atoms with E-state index in [4.69, 9.17) is 4.74 Å². The van der Waals surface area contributed by atoms with Crippen LogP contribution in [-0.2, 0) is 11.8 Å². The SMILES string of the molecule is CC1OCCC1N(C)C(=O)n1cc[n+](C)c1. The molecular weight excluding hydrogens is 206 g/mol. The van der Waals surface area contributed by atoms with Gasteiger partial charge in [0, 0.05) is 13.7 Å². The highest BCUT2D eigenvalue weighted by Gasteiger charge is 2.33. The third kappa shape index (κ3) is 1.95. The summed E-state index contributed by atoms with van der Waals surface area (Å²) in [5.74, 6) is 0. The normalized spacial score (nSPS) is 24.7. The number of nitrogens with zero attached hydrogens (tertiary/aromatic N) is 3. The topological polar surface area (TPSA) is 38.4 Å². The number of ether oxygens (including phenoxy) is 1. The Balaban J connectivity index is 2.10. The van der Waals surface area contributed by atoms with E-state index in [0.29, 0.717) is 0 Å². The Morgan fingerprint density at radius 3 is 2.88 bits per heavy atom. The molecule has 0 saturated carbocycles. The number of hydrogen-bond donors (Lipinski definition) is 0. The fourth-order valence-electron chi connectivity index (χ4n) is 2.12. The van der Waals surface area contributed by atoms with Crippen molar-refractivity contribution in [2.45, 2.75) is 25.5 Å². The van der Waals surface area contributed by atoms with Gasteiger partial charge in [-0.25, -0.2) is 9.36 Å². The van der Waals surface area contributed by atoms with Crippen LogP contribution in [0.3, 0.4) is 0 Å². The van der Waals surface area contributed by atoms with Crippen LogP contribution in [-0.4, -0.2) is 41.3 Å². The molecule has 2 unspecified atom stereocenters. The molecule has 0 radical (unpaired) electrons. The van der Waals surface area contributed by atoms with Crippen LogP contribution in [0.2, 0.25) is 0 Å². The fraction of sp³-hybridized carbons (Fsp3) is 0.636. The zero-order valence-corrected chi connectivity index (χ0v) is 9.96. The second-order valence-corrected chi connectivity index (χ2v) is 4.31. The average molecular weight is 224 g/mol. The zero-order chi connectivity index (χ0) is 11.7. The third-order valence-corrected chi connectivity index (χ3v) is 3.13. The molecule has 0 aromatic carbocycles.